The van der Waals surface area contributed by atoms with Crippen LogP contribution < -0.4 is 4.90 Å². The number of halogens is 2. The molecule has 35 heavy (non-hydrogen) atoms. The second-order valence-corrected chi connectivity index (χ2v) is 7.26. The maximum Gasteiger partial charge on any atom is 0.343 e. The van der Waals surface area contributed by atoms with E-state index in [9.17, 15) is 23.2 Å². The molecule has 0 fully saturated rings. The first-order valence-electron chi connectivity index (χ1n) is 10.6. The number of ether oxygens (including phenoxy) is 1. The van der Waals surface area contributed by atoms with Gasteiger partial charge in [-0.15, -0.1) is 0 Å². The summed E-state index contributed by atoms with van der Waals surface area (Å²) in [6, 6.07) is 18.5. The molecule has 2 amide bonds. The third kappa shape index (κ3) is 4.56. The molecule has 0 spiro atoms. The Balaban J connectivity index is 2.00. The zero-order valence-electron chi connectivity index (χ0n) is 18.5. The molecule has 0 bridgehead atoms. The molecule has 0 aliphatic carbocycles. The molecule has 4 rings (SSSR count). The van der Waals surface area contributed by atoms with Crippen LogP contribution in [0.1, 0.15) is 38.0 Å². The van der Waals surface area contributed by atoms with Crippen LogP contribution in [0.4, 0.5) is 14.6 Å². The quantitative estimate of drug-likeness (QED) is 0.295. The smallest absolute Gasteiger partial charge is 0.343 e. The number of carbonyl (C=O) groups is 3. The molecule has 0 unspecified atom stereocenters. The van der Waals surface area contributed by atoms with E-state index in [0.717, 1.165) is 18.3 Å². The van der Waals surface area contributed by atoms with Crippen LogP contribution in [0.2, 0.25) is 0 Å². The van der Waals surface area contributed by atoms with Gasteiger partial charge in [0.1, 0.15) is 17.2 Å². The van der Waals surface area contributed by atoms with Crippen molar-refractivity contribution in [1.29, 1.82) is 0 Å². The van der Waals surface area contributed by atoms with Crippen LogP contribution in [0.3, 0.4) is 0 Å². The highest BCUT2D eigenvalue weighted by Crippen LogP contribution is 2.29. The molecule has 7 nitrogen and oxygen atoms in total. The van der Waals surface area contributed by atoms with E-state index in [2.05, 4.69) is 5.10 Å². The zero-order chi connectivity index (χ0) is 24.9. The maximum absolute atomic E-state index is 14.6. The molecule has 0 aliphatic rings. The Kier molecular flexibility index (Phi) is 6.77. The fourth-order valence-corrected chi connectivity index (χ4v) is 3.46. The van der Waals surface area contributed by atoms with Crippen molar-refractivity contribution in [2.45, 2.75) is 6.92 Å². The van der Waals surface area contributed by atoms with Crippen molar-refractivity contribution in [3.05, 3.63) is 113 Å². The van der Waals surface area contributed by atoms with Gasteiger partial charge in [0.05, 0.1) is 29.6 Å². The number of nitrogens with zero attached hydrogens (tertiary/aromatic N) is 3. The minimum atomic E-state index is -1.11. The molecule has 0 radical (unpaired) electrons. The van der Waals surface area contributed by atoms with E-state index in [-0.39, 0.29) is 18.0 Å². The summed E-state index contributed by atoms with van der Waals surface area (Å²) in [5, 5.41) is 4.19. The SMILES string of the molecule is CCOC(=O)c1cnn(-c2ccccc2)c1N(C(=O)c1ccccc1F)C(=O)c1ccccc1F. The lowest BCUT2D eigenvalue weighted by Gasteiger charge is -2.23. The van der Waals surface area contributed by atoms with Gasteiger partial charge in [-0.25, -0.2) is 23.2 Å². The first-order valence-corrected chi connectivity index (χ1v) is 10.6. The van der Waals surface area contributed by atoms with Gasteiger partial charge in [0.2, 0.25) is 0 Å². The number of amides is 2. The lowest BCUT2D eigenvalue weighted by molar-refractivity contribution is 0.0527. The number of rotatable bonds is 6. The van der Waals surface area contributed by atoms with Crippen LogP contribution in [0.5, 0.6) is 0 Å². The average Bonchev–Trinajstić information content (AvgIpc) is 3.30. The van der Waals surface area contributed by atoms with Crippen molar-refractivity contribution in [1.82, 2.24) is 9.78 Å². The van der Waals surface area contributed by atoms with E-state index >= 15 is 0 Å². The second-order valence-electron chi connectivity index (χ2n) is 7.26. The molecule has 4 aromatic rings. The molecule has 0 saturated heterocycles. The van der Waals surface area contributed by atoms with Crippen molar-refractivity contribution in [2.75, 3.05) is 11.5 Å². The molecular formula is C26H19F2N3O4. The van der Waals surface area contributed by atoms with E-state index in [1.165, 1.54) is 41.1 Å². The first kappa shape index (κ1) is 23.5. The molecular weight excluding hydrogens is 456 g/mol. The third-order valence-electron chi connectivity index (χ3n) is 5.07. The molecule has 1 heterocycles. The first-order chi connectivity index (χ1) is 16.9. The van der Waals surface area contributed by atoms with E-state index < -0.39 is 40.5 Å². The number of benzene rings is 3. The Labute approximate surface area is 199 Å². The van der Waals surface area contributed by atoms with Gasteiger partial charge in [-0.3, -0.25) is 9.59 Å². The Morgan fingerprint density at radius 2 is 1.31 bits per heavy atom. The van der Waals surface area contributed by atoms with Crippen LogP contribution in [0, 0.1) is 11.6 Å². The average molecular weight is 475 g/mol. The number of anilines is 1. The number of aromatic nitrogens is 2. The molecule has 0 saturated carbocycles. The summed E-state index contributed by atoms with van der Waals surface area (Å²) in [7, 11) is 0. The molecule has 176 valence electrons. The summed E-state index contributed by atoms with van der Waals surface area (Å²) in [4.78, 5) is 40.7. The normalized spacial score (nSPS) is 10.6. The van der Waals surface area contributed by atoms with Crippen molar-refractivity contribution in [3.8, 4) is 5.69 Å². The number of para-hydroxylation sites is 1. The predicted molar refractivity (Wildman–Crippen MR) is 123 cm³/mol. The van der Waals surface area contributed by atoms with Crippen molar-refractivity contribution in [3.63, 3.8) is 0 Å². The minimum absolute atomic E-state index is 0.0112. The fraction of sp³-hybridized carbons (Fsp3) is 0.0769. The van der Waals surface area contributed by atoms with Crippen LogP contribution in [-0.4, -0.2) is 34.2 Å². The van der Waals surface area contributed by atoms with Crippen LogP contribution in [0.15, 0.2) is 85.1 Å². The molecule has 1 aromatic heterocycles. The van der Waals surface area contributed by atoms with Gasteiger partial charge in [0.15, 0.2) is 5.82 Å². The highest BCUT2D eigenvalue weighted by atomic mass is 19.1. The van der Waals surface area contributed by atoms with Crippen molar-refractivity contribution >= 4 is 23.6 Å². The van der Waals surface area contributed by atoms with Gasteiger partial charge in [-0.1, -0.05) is 42.5 Å². The maximum atomic E-state index is 14.6. The number of hydrogen-bond acceptors (Lipinski definition) is 5. The minimum Gasteiger partial charge on any atom is -0.462 e. The van der Waals surface area contributed by atoms with Crippen LogP contribution in [0.25, 0.3) is 5.69 Å². The molecule has 0 N–H and O–H groups in total. The van der Waals surface area contributed by atoms with Gasteiger partial charge in [-0.05, 0) is 43.3 Å². The standard InChI is InChI=1S/C26H19F2N3O4/c1-2-35-26(34)20-16-29-31(17-10-4-3-5-11-17)23(20)30(24(32)18-12-6-8-14-21(18)27)25(33)19-13-7-9-15-22(19)28/h3-16H,2H2,1H3. The molecule has 9 heteroatoms. The van der Waals surface area contributed by atoms with Crippen LogP contribution in [-0.2, 0) is 4.74 Å². The number of imide groups is 1. The Bertz CT molecular complexity index is 1350. The summed E-state index contributed by atoms with van der Waals surface area (Å²) in [6.45, 7) is 1.60. The van der Waals surface area contributed by atoms with Gasteiger partial charge < -0.3 is 4.74 Å². The van der Waals surface area contributed by atoms with Crippen LogP contribution >= 0.6 is 0 Å². The summed E-state index contributed by atoms with van der Waals surface area (Å²) in [6.07, 6.45) is 1.14. The lowest BCUT2D eigenvalue weighted by atomic mass is 10.1. The lowest BCUT2D eigenvalue weighted by Crippen LogP contribution is -2.40. The van der Waals surface area contributed by atoms with E-state index in [0.29, 0.717) is 10.6 Å². The van der Waals surface area contributed by atoms with Gasteiger partial charge >= 0.3 is 5.97 Å². The number of carbonyl (C=O) groups excluding carboxylic acids is 3. The number of esters is 1. The van der Waals surface area contributed by atoms with Gasteiger partial charge in [-0.2, -0.15) is 5.10 Å². The third-order valence-corrected chi connectivity index (χ3v) is 5.07. The molecule has 3 aromatic carbocycles. The highest BCUT2D eigenvalue weighted by Gasteiger charge is 2.36. The fourth-order valence-electron chi connectivity index (χ4n) is 3.46. The Hall–Kier alpha value is -4.66. The zero-order valence-corrected chi connectivity index (χ0v) is 18.5. The summed E-state index contributed by atoms with van der Waals surface area (Å²) in [5.41, 5.74) is -0.739. The highest BCUT2D eigenvalue weighted by molar-refractivity contribution is 6.27. The van der Waals surface area contributed by atoms with E-state index in [1.54, 1.807) is 37.3 Å². The van der Waals surface area contributed by atoms with Gasteiger partial charge in [0.25, 0.3) is 11.8 Å². The molecule has 0 aliphatic heterocycles. The largest absolute Gasteiger partial charge is 0.462 e. The molecule has 0 atom stereocenters. The summed E-state index contributed by atoms with van der Waals surface area (Å²) in [5.74, 6) is -5.19. The predicted octanol–water partition coefficient (Wildman–Crippen LogP) is 4.81. The monoisotopic (exact) mass is 475 g/mol. The summed E-state index contributed by atoms with van der Waals surface area (Å²) >= 11 is 0. The summed E-state index contributed by atoms with van der Waals surface area (Å²) < 4.78 is 35.6. The van der Waals surface area contributed by atoms with Gasteiger partial charge in [0, 0.05) is 0 Å². The van der Waals surface area contributed by atoms with E-state index in [4.69, 9.17) is 4.74 Å². The second kappa shape index (κ2) is 10.1. The Morgan fingerprint density at radius 1 is 0.800 bits per heavy atom. The topological polar surface area (TPSA) is 81.5 Å². The van der Waals surface area contributed by atoms with E-state index in [1.807, 2.05) is 0 Å². The Morgan fingerprint density at radius 3 is 1.83 bits per heavy atom. The number of hydrogen-bond donors (Lipinski definition) is 0. The van der Waals surface area contributed by atoms with Crippen molar-refractivity contribution < 1.29 is 27.9 Å². The van der Waals surface area contributed by atoms with Crippen molar-refractivity contribution in [2.24, 2.45) is 0 Å².